The summed E-state index contributed by atoms with van der Waals surface area (Å²) in [6.45, 7) is 3.45. The molecule has 2 rings (SSSR count). The molecule has 1 amide bonds. The van der Waals surface area contributed by atoms with Crippen molar-refractivity contribution >= 4 is 23.1 Å². The lowest BCUT2D eigenvalue weighted by Gasteiger charge is -2.38. The van der Waals surface area contributed by atoms with Crippen molar-refractivity contribution in [3.63, 3.8) is 0 Å². The smallest absolute Gasteiger partial charge is 0.257 e. The summed E-state index contributed by atoms with van der Waals surface area (Å²) in [5.41, 5.74) is 6.22. The lowest BCUT2D eigenvalue weighted by molar-refractivity contribution is 0.0669. The minimum atomic E-state index is -0.109. The summed E-state index contributed by atoms with van der Waals surface area (Å²) < 4.78 is 4.92. The summed E-state index contributed by atoms with van der Waals surface area (Å²) in [6.07, 6.45) is 4.64. The van der Waals surface area contributed by atoms with Crippen LogP contribution in [0.5, 0.6) is 0 Å². The molecule has 0 unspecified atom stereocenters. The van der Waals surface area contributed by atoms with Crippen molar-refractivity contribution < 1.29 is 9.21 Å². The third kappa shape index (κ3) is 2.34. The number of furan rings is 1. The number of hydrogen-bond acceptors (Lipinski definition) is 3. The predicted octanol–water partition coefficient (Wildman–Crippen LogP) is 1.81. The fourth-order valence-corrected chi connectivity index (χ4v) is 2.22. The highest BCUT2D eigenvalue weighted by Crippen LogP contribution is 2.31. The number of likely N-dealkylation sites (tertiary alicyclic amines) is 1. The molecule has 1 aliphatic rings. The van der Waals surface area contributed by atoms with E-state index in [1.807, 2.05) is 4.90 Å². The Morgan fingerprint density at radius 1 is 1.53 bits per heavy atom. The maximum absolute atomic E-state index is 12.0. The van der Waals surface area contributed by atoms with E-state index in [9.17, 15) is 4.79 Å². The molecule has 0 bridgehead atoms. The quantitative estimate of drug-likeness (QED) is 0.815. The van der Waals surface area contributed by atoms with E-state index in [1.54, 1.807) is 6.07 Å². The van der Waals surface area contributed by atoms with Gasteiger partial charge in [0.1, 0.15) is 6.26 Å². The third-order valence-corrected chi connectivity index (χ3v) is 4.01. The molecule has 2 heterocycles. The number of thiocarbonyl (C=S) groups is 1. The molecule has 4 nitrogen and oxygen atoms in total. The lowest BCUT2D eigenvalue weighted by atomic mass is 9.80. The van der Waals surface area contributed by atoms with Crippen LogP contribution in [0.4, 0.5) is 0 Å². The Hall–Kier alpha value is -1.36. The summed E-state index contributed by atoms with van der Waals surface area (Å²) in [5, 5.41) is 0. The van der Waals surface area contributed by atoms with E-state index < -0.39 is 0 Å². The van der Waals surface area contributed by atoms with Crippen molar-refractivity contribution in [3.05, 3.63) is 24.2 Å². The molecule has 5 heteroatoms. The van der Waals surface area contributed by atoms with Gasteiger partial charge >= 0.3 is 0 Å². The number of rotatable bonds is 2. The van der Waals surface area contributed by atoms with E-state index in [1.165, 1.54) is 12.5 Å². The molecule has 92 valence electrons. The van der Waals surface area contributed by atoms with Crippen molar-refractivity contribution in [1.82, 2.24) is 4.90 Å². The van der Waals surface area contributed by atoms with Crippen LogP contribution in [0.1, 0.15) is 30.1 Å². The van der Waals surface area contributed by atoms with Crippen LogP contribution >= 0.6 is 12.2 Å². The van der Waals surface area contributed by atoms with Gasteiger partial charge in [-0.15, -0.1) is 0 Å². The van der Waals surface area contributed by atoms with E-state index in [-0.39, 0.29) is 11.3 Å². The van der Waals surface area contributed by atoms with Crippen molar-refractivity contribution in [2.45, 2.75) is 19.8 Å². The number of amides is 1. The number of hydrogen-bond donors (Lipinski definition) is 1. The molecule has 1 aromatic rings. The molecule has 0 radical (unpaired) electrons. The predicted molar refractivity (Wildman–Crippen MR) is 68.7 cm³/mol. The second kappa shape index (κ2) is 4.49. The van der Waals surface area contributed by atoms with Crippen LogP contribution in [-0.2, 0) is 0 Å². The molecule has 1 aliphatic heterocycles. The number of piperidine rings is 1. The van der Waals surface area contributed by atoms with Gasteiger partial charge in [0.05, 0.1) is 16.8 Å². The first-order valence-corrected chi connectivity index (χ1v) is 6.05. The Morgan fingerprint density at radius 2 is 2.18 bits per heavy atom. The Labute approximate surface area is 106 Å². The van der Waals surface area contributed by atoms with Crippen molar-refractivity contribution in [2.75, 3.05) is 13.1 Å². The fourth-order valence-electron chi connectivity index (χ4n) is 2.02. The van der Waals surface area contributed by atoms with Gasteiger partial charge in [0, 0.05) is 18.5 Å². The highest BCUT2D eigenvalue weighted by Gasteiger charge is 2.34. The first-order valence-electron chi connectivity index (χ1n) is 5.64. The van der Waals surface area contributed by atoms with E-state index >= 15 is 0 Å². The van der Waals surface area contributed by atoms with Crippen molar-refractivity contribution in [3.8, 4) is 0 Å². The maximum Gasteiger partial charge on any atom is 0.257 e. The molecule has 0 spiro atoms. The van der Waals surface area contributed by atoms with E-state index in [2.05, 4.69) is 6.92 Å². The first kappa shape index (κ1) is 12.1. The van der Waals surface area contributed by atoms with Crippen LogP contribution in [0.15, 0.2) is 23.0 Å². The number of carbonyl (C=O) groups excluding carboxylic acids is 1. The summed E-state index contributed by atoms with van der Waals surface area (Å²) in [4.78, 5) is 14.4. The SMILES string of the molecule is CC1(C(N)=S)CCN(C(=O)c2ccoc2)CC1. The zero-order chi connectivity index (χ0) is 12.5. The second-order valence-electron chi connectivity index (χ2n) is 4.73. The van der Waals surface area contributed by atoms with Crippen LogP contribution in [0.2, 0.25) is 0 Å². The van der Waals surface area contributed by atoms with E-state index in [4.69, 9.17) is 22.4 Å². The maximum atomic E-state index is 12.0. The normalized spacial score (nSPS) is 19.0. The van der Waals surface area contributed by atoms with Crippen molar-refractivity contribution in [2.24, 2.45) is 11.1 Å². The fraction of sp³-hybridized carbons (Fsp3) is 0.500. The first-order chi connectivity index (χ1) is 8.03. The zero-order valence-corrected chi connectivity index (χ0v) is 10.6. The Kier molecular flexibility index (Phi) is 3.19. The Bertz CT molecular complexity index is 420. The second-order valence-corrected chi connectivity index (χ2v) is 5.17. The highest BCUT2D eigenvalue weighted by atomic mass is 32.1. The molecular weight excluding hydrogens is 236 g/mol. The summed E-state index contributed by atoms with van der Waals surface area (Å²) >= 11 is 5.07. The van der Waals surface area contributed by atoms with Gasteiger partial charge in [0.25, 0.3) is 5.91 Å². The van der Waals surface area contributed by atoms with Crippen molar-refractivity contribution in [1.29, 1.82) is 0 Å². The van der Waals surface area contributed by atoms with Gasteiger partial charge in [-0.25, -0.2) is 0 Å². The minimum Gasteiger partial charge on any atom is -0.472 e. The standard InChI is InChI=1S/C12H16N2O2S/c1-12(11(13)17)3-5-14(6-4-12)10(15)9-2-7-16-8-9/h2,7-8H,3-6H2,1H3,(H2,13,17). The molecule has 17 heavy (non-hydrogen) atoms. The van der Waals surface area contributed by atoms with Gasteiger partial charge in [-0.2, -0.15) is 0 Å². The summed E-state index contributed by atoms with van der Waals surface area (Å²) in [6, 6.07) is 1.68. The molecule has 0 aliphatic carbocycles. The molecule has 0 aromatic carbocycles. The van der Waals surface area contributed by atoms with Crippen LogP contribution in [0, 0.1) is 5.41 Å². The molecule has 2 N–H and O–H groups in total. The molecule has 1 saturated heterocycles. The molecule has 0 atom stereocenters. The summed E-state index contributed by atoms with van der Waals surface area (Å²) in [5.74, 6) is 0.0174. The molecule has 0 saturated carbocycles. The van der Waals surface area contributed by atoms with Gasteiger partial charge in [-0.05, 0) is 18.9 Å². The van der Waals surface area contributed by atoms with Crippen LogP contribution in [0.3, 0.4) is 0 Å². The van der Waals surface area contributed by atoms with Gasteiger partial charge in [0.15, 0.2) is 0 Å². The number of nitrogens with two attached hydrogens (primary N) is 1. The minimum absolute atomic E-state index is 0.0174. The van der Waals surface area contributed by atoms with Gasteiger partial charge in [-0.1, -0.05) is 19.1 Å². The summed E-state index contributed by atoms with van der Waals surface area (Å²) in [7, 11) is 0. The van der Waals surface area contributed by atoms with Gasteiger partial charge in [-0.3, -0.25) is 4.79 Å². The largest absolute Gasteiger partial charge is 0.472 e. The lowest BCUT2D eigenvalue weighted by Crippen LogP contribution is -2.46. The Balaban J connectivity index is 2.00. The van der Waals surface area contributed by atoms with E-state index in [0.29, 0.717) is 23.6 Å². The monoisotopic (exact) mass is 252 g/mol. The molecule has 1 fully saturated rings. The van der Waals surface area contributed by atoms with E-state index in [0.717, 1.165) is 12.8 Å². The van der Waals surface area contributed by atoms with Crippen LogP contribution in [0.25, 0.3) is 0 Å². The number of carbonyl (C=O) groups is 1. The molecular formula is C12H16N2O2S. The number of nitrogens with zero attached hydrogens (tertiary/aromatic N) is 1. The molecule has 1 aromatic heterocycles. The average molecular weight is 252 g/mol. The highest BCUT2D eigenvalue weighted by molar-refractivity contribution is 7.80. The Morgan fingerprint density at radius 3 is 2.65 bits per heavy atom. The van der Waals surface area contributed by atoms with Gasteiger partial charge in [0.2, 0.25) is 0 Å². The van der Waals surface area contributed by atoms with Crippen LogP contribution < -0.4 is 5.73 Å². The topological polar surface area (TPSA) is 59.5 Å². The third-order valence-electron chi connectivity index (χ3n) is 3.52. The average Bonchev–Trinajstić information content (AvgIpc) is 2.82. The van der Waals surface area contributed by atoms with Crippen LogP contribution in [-0.4, -0.2) is 28.9 Å². The zero-order valence-electron chi connectivity index (χ0n) is 9.81. The van der Waals surface area contributed by atoms with Gasteiger partial charge < -0.3 is 15.1 Å².